The Kier molecular flexibility index (Phi) is 3.56. The van der Waals surface area contributed by atoms with Crippen LogP contribution in [0.4, 0.5) is 5.69 Å². The number of amides is 1. The first-order valence-electron chi connectivity index (χ1n) is 6.36. The van der Waals surface area contributed by atoms with Crippen LogP contribution in [0, 0.1) is 3.57 Å². The number of anilines is 1. The van der Waals surface area contributed by atoms with E-state index in [2.05, 4.69) is 27.9 Å². The Bertz CT molecular complexity index is 692. The number of carbonyl (C=O) groups excluding carboxylic acids is 2. The number of fused-ring (bicyclic) bond motifs is 1. The molecule has 0 spiro atoms. The fourth-order valence-electron chi connectivity index (χ4n) is 2.29. The fourth-order valence-corrected chi connectivity index (χ4v) is 2.65. The van der Waals surface area contributed by atoms with Crippen LogP contribution in [-0.4, -0.2) is 11.7 Å². The smallest absolute Gasteiger partial charge is 0.224 e. The summed E-state index contributed by atoms with van der Waals surface area (Å²) in [5, 5.41) is 2.82. The molecule has 4 heteroatoms. The van der Waals surface area contributed by atoms with Crippen molar-refractivity contribution < 1.29 is 9.59 Å². The van der Waals surface area contributed by atoms with Gasteiger partial charge in [-0.3, -0.25) is 9.59 Å². The SMILES string of the molecule is O=C1CCc2cc(C(=O)c3ccc(I)cc3)ccc2N1. The number of halogens is 1. The third-order valence-corrected chi connectivity index (χ3v) is 4.09. The van der Waals surface area contributed by atoms with Gasteiger partial charge in [-0.15, -0.1) is 0 Å². The number of benzene rings is 2. The van der Waals surface area contributed by atoms with Crippen molar-refractivity contribution in [2.24, 2.45) is 0 Å². The summed E-state index contributed by atoms with van der Waals surface area (Å²) in [5.74, 6) is 0.0512. The molecule has 20 heavy (non-hydrogen) atoms. The lowest BCUT2D eigenvalue weighted by atomic mass is 9.96. The standard InChI is InChI=1S/C16H12INO2/c17-13-5-1-10(2-6-13)16(20)12-3-7-14-11(9-12)4-8-15(19)18-14/h1-3,5-7,9H,4,8H2,(H,18,19). The van der Waals surface area contributed by atoms with Crippen LogP contribution >= 0.6 is 22.6 Å². The number of nitrogens with one attached hydrogen (secondary N) is 1. The number of hydrogen-bond acceptors (Lipinski definition) is 2. The van der Waals surface area contributed by atoms with Crippen LogP contribution in [0.5, 0.6) is 0 Å². The van der Waals surface area contributed by atoms with Crippen molar-refractivity contribution in [1.82, 2.24) is 0 Å². The molecule has 0 saturated carbocycles. The summed E-state index contributed by atoms with van der Waals surface area (Å²) < 4.78 is 1.10. The second-order valence-electron chi connectivity index (χ2n) is 4.76. The van der Waals surface area contributed by atoms with Crippen LogP contribution in [0.1, 0.15) is 27.9 Å². The van der Waals surface area contributed by atoms with Crippen LogP contribution in [0.2, 0.25) is 0 Å². The lowest BCUT2D eigenvalue weighted by Gasteiger charge is -2.17. The highest BCUT2D eigenvalue weighted by atomic mass is 127. The Morgan fingerprint density at radius 3 is 2.45 bits per heavy atom. The number of hydrogen-bond donors (Lipinski definition) is 1. The summed E-state index contributed by atoms with van der Waals surface area (Å²) in [6.07, 6.45) is 1.17. The fraction of sp³-hybridized carbons (Fsp3) is 0.125. The summed E-state index contributed by atoms with van der Waals surface area (Å²) >= 11 is 2.21. The van der Waals surface area contributed by atoms with Crippen molar-refractivity contribution in [1.29, 1.82) is 0 Å². The van der Waals surface area contributed by atoms with E-state index in [1.165, 1.54) is 0 Å². The third-order valence-electron chi connectivity index (χ3n) is 3.37. The molecule has 0 aliphatic carbocycles. The molecule has 0 atom stereocenters. The highest BCUT2D eigenvalue weighted by Crippen LogP contribution is 2.24. The zero-order valence-electron chi connectivity index (χ0n) is 10.7. The van der Waals surface area contributed by atoms with Crippen LogP contribution in [0.25, 0.3) is 0 Å². The van der Waals surface area contributed by atoms with Crippen LogP contribution < -0.4 is 5.32 Å². The van der Waals surface area contributed by atoms with E-state index in [0.717, 1.165) is 14.8 Å². The van der Waals surface area contributed by atoms with Gasteiger partial charge in [-0.25, -0.2) is 0 Å². The molecule has 0 radical (unpaired) electrons. The van der Waals surface area contributed by atoms with Crippen molar-refractivity contribution in [2.45, 2.75) is 12.8 Å². The number of rotatable bonds is 2. The van der Waals surface area contributed by atoms with Crippen molar-refractivity contribution in [2.75, 3.05) is 5.32 Å². The quantitative estimate of drug-likeness (QED) is 0.644. The molecule has 3 rings (SSSR count). The van der Waals surface area contributed by atoms with Gasteiger partial charge in [-0.1, -0.05) is 0 Å². The van der Waals surface area contributed by atoms with Gasteiger partial charge in [-0.05, 0) is 77.0 Å². The molecule has 0 aromatic heterocycles. The molecule has 1 aliphatic rings. The minimum atomic E-state index is 0.0149. The predicted molar refractivity (Wildman–Crippen MR) is 86.0 cm³/mol. The lowest BCUT2D eigenvalue weighted by Crippen LogP contribution is -2.19. The van der Waals surface area contributed by atoms with E-state index >= 15 is 0 Å². The Hall–Kier alpha value is -1.69. The summed E-state index contributed by atoms with van der Waals surface area (Å²) in [5.41, 5.74) is 3.20. The van der Waals surface area contributed by atoms with Crippen molar-refractivity contribution in [3.05, 3.63) is 62.7 Å². The minimum absolute atomic E-state index is 0.0149. The number of ketones is 1. The van der Waals surface area contributed by atoms with E-state index in [1.807, 2.05) is 36.4 Å². The summed E-state index contributed by atoms with van der Waals surface area (Å²) in [7, 11) is 0. The highest BCUT2D eigenvalue weighted by Gasteiger charge is 2.17. The Morgan fingerprint density at radius 2 is 1.70 bits per heavy atom. The molecule has 2 aromatic rings. The van der Waals surface area contributed by atoms with Crippen molar-refractivity contribution >= 4 is 40.0 Å². The van der Waals surface area contributed by atoms with Crippen molar-refractivity contribution in [3.8, 4) is 0 Å². The summed E-state index contributed by atoms with van der Waals surface area (Å²) in [4.78, 5) is 23.7. The molecule has 1 amide bonds. The normalized spacial score (nSPS) is 13.6. The highest BCUT2D eigenvalue weighted by molar-refractivity contribution is 14.1. The monoisotopic (exact) mass is 377 g/mol. The average molecular weight is 377 g/mol. The zero-order chi connectivity index (χ0) is 14.1. The molecule has 1 N–H and O–H groups in total. The Labute approximate surface area is 130 Å². The van der Waals surface area contributed by atoms with E-state index in [9.17, 15) is 9.59 Å². The van der Waals surface area contributed by atoms with Gasteiger partial charge in [0.2, 0.25) is 5.91 Å². The second kappa shape index (κ2) is 5.36. The molecular weight excluding hydrogens is 365 g/mol. The van der Waals surface area contributed by atoms with Gasteiger partial charge in [0.15, 0.2) is 5.78 Å². The average Bonchev–Trinajstić information content (AvgIpc) is 2.47. The molecule has 1 heterocycles. The van der Waals surface area contributed by atoms with E-state index in [0.29, 0.717) is 24.0 Å². The van der Waals surface area contributed by atoms with Crippen LogP contribution in [-0.2, 0) is 11.2 Å². The Morgan fingerprint density at radius 1 is 1.00 bits per heavy atom. The predicted octanol–water partition coefficient (Wildman–Crippen LogP) is 3.41. The third kappa shape index (κ3) is 2.60. The first-order chi connectivity index (χ1) is 9.63. The topological polar surface area (TPSA) is 46.2 Å². The number of carbonyl (C=O) groups is 2. The van der Waals surface area contributed by atoms with E-state index < -0.39 is 0 Å². The molecule has 0 bridgehead atoms. The summed E-state index contributed by atoms with van der Waals surface area (Å²) in [6.45, 7) is 0. The van der Waals surface area contributed by atoms with Crippen molar-refractivity contribution in [3.63, 3.8) is 0 Å². The zero-order valence-corrected chi connectivity index (χ0v) is 12.8. The molecule has 0 saturated heterocycles. The van der Waals surface area contributed by atoms with Gasteiger partial charge in [-0.2, -0.15) is 0 Å². The molecular formula is C16H12INO2. The first kappa shape index (κ1) is 13.3. The molecule has 1 aliphatic heterocycles. The van der Waals surface area contributed by atoms with E-state index in [4.69, 9.17) is 0 Å². The Balaban J connectivity index is 1.93. The number of aryl methyl sites for hydroxylation is 1. The summed E-state index contributed by atoms with van der Waals surface area (Å²) in [6, 6.07) is 13.0. The van der Waals surface area contributed by atoms with Crippen LogP contribution in [0.15, 0.2) is 42.5 Å². The maximum absolute atomic E-state index is 12.4. The second-order valence-corrected chi connectivity index (χ2v) is 6.00. The van der Waals surface area contributed by atoms with Crippen LogP contribution in [0.3, 0.4) is 0 Å². The molecule has 2 aromatic carbocycles. The van der Waals surface area contributed by atoms with E-state index in [-0.39, 0.29) is 11.7 Å². The van der Waals surface area contributed by atoms with E-state index in [1.54, 1.807) is 6.07 Å². The maximum Gasteiger partial charge on any atom is 0.224 e. The molecule has 3 nitrogen and oxygen atoms in total. The van der Waals surface area contributed by atoms with Gasteiger partial charge in [0, 0.05) is 26.8 Å². The maximum atomic E-state index is 12.4. The lowest BCUT2D eigenvalue weighted by molar-refractivity contribution is -0.116. The minimum Gasteiger partial charge on any atom is -0.326 e. The largest absolute Gasteiger partial charge is 0.326 e. The molecule has 0 unspecified atom stereocenters. The molecule has 0 fully saturated rings. The van der Waals surface area contributed by atoms with Gasteiger partial charge < -0.3 is 5.32 Å². The van der Waals surface area contributed by atoms with Gasteiger partial charge in [0.1, 0.15) is 0 Å². The van der Waals surface area contributed by atoms with Gasteiger partial charge in [0.05, 0.1) is 0 Å². The first-order valence-corrected chi connectivity index (χ1v) is 7.44. The molecule has 100 valence electrons. The van der Waals surface area contributed by atoms with Gasteiger partial charge >= 0.3 is 0 Å². The van der Waals surface area contributed by atoms with Gasteiger partial charge in [0.25, 0.3) is 0 Å².